The molecule has 1 rings (SSSR count). The lowest BCUT2D eigenvalue weighted by atomic mass is 10.4. The molecular formula is C8H15N5. The number of nitrogens with zero attached hydrogens (tertiary/aromatic N) is 3. The van der Waals surface area contributed by atoms with E-state index in [-0.39, 0.29) is 0 Å². The maximum Gasteiger partial charge on any atom is 0.193 e. The van der Waals surface area contributed by atoms with Gasteiger partial charge in [-0.15, -0.1) is 0 Å². The fraction of sp³-hybridized carbons (Fsp3) is 0.500. The number of aromatic nitrogens is 2. The molecule has 0 atom stereocenters. The zero-order valence-corrected chi connectivity index (χ0v) is 8.20. The molecule has 0 radical (unpaired) electrons. The lowest BCUT2D eigenvalue weighted by Gasteiger charge is -2.01. The largest absolute Gasteiger partial charge is 0.370 e. The van der Waals surface area contributed by atoms with Gasteiger partial charge in [-0.1, -0.05) is 0 Å². The molecule has 0 saturated heterocycles. The van der Waals surface area contributed by atoms with Crippen molar-refractivity contribution < 1.29 is 0 Å². The van der Waals surface area contributed by atoms with Crippen LogP contribution in [-0.2, 0) is 7.05 Å². The number of nitrogens with one attached hydrogen (secondary N) is 1. The molecule has 0 amide bonds. The molecule has 72 valence electrons. The van der Waals surface area contributed by atoms with E-state index in [4.69, 9.17) is 5.73 Å². The van der Waals surface area contributed by atoms with Crippen LogP contribution in [0.1, 0.15) is 12.6 Å². The van der Waals surface area contributed by atoms with Crippen molar-refractivity contribution in [3.63, 3.8) is 0 Å². The molecule has 0 bridgehead atoms. The Morgan fingerprint density at radius 3 is 2.92 bits per heavy atom. The number of aliphatic imine (C=N–C) groups is 1. The second kappa shape index (κ2) is 3.93. The lowest BCUT2D eigenvalue weighted by Crippen LogP contribution is -2.22. The van der Waals surface area contributed by atoms with Crippen LogP contribution >= 0.6 is 0 Å². The van der Waals surface area contributed by atoms with Crippen molar-refractivity contribution in [2.45, 2.75) is 13.8 Å². The molecule has 5 nitrogen and oxygen atoms in total. The minimum Gasteiger partial charge on any atom is -0.370 e. The average molecular weight is 181 g/mol. The van der Waals surface area contributed by atoms with E-state index in [0.717, 1.165) is 11.4 Å². The van der Waals surface area contributed by atoms with Gasteiger partial charge in [0.25, 0.3) is 0 Å². The second-order valence-corrected chi connectivity index (χ2v) is 2.79. The Hall–Kier alpha value is -1.52. The predicted octanol–water partition coefficient (Wildman–Crippen LogP) is 0.475. The summed E-state index contributed by atoms with van der Waals surface area (Å²) in [5.74, 6) is 0.429. The van der Waals surface area contributed by atoms with E-state index in [2.05, 4.69) is 15.4 Å². The molecule has 0 aromatic carbocycles. The van der Waals surface area contributed by atoms with E-state index < -0.39 is 0 Å². The van der Waals surface area contributed by atoms with Crippen LogP contribution in [0.2, 0.25) is 0 Å². The topological polar surface area (TPSA) is 68.2 Å². The number of rotatable bonds is 2. The molecule has 0 aliphatic carbocycles. The molecule has 1 heterocycles. The molecule has 0 unspecified atom stereocenters. The maximum absolute atomic E-state index is 5.60. The summed E-state index contributed by atoms with van der Waals surface area (Å²) < 4.78 is 1.73. The van der Waals surface area contributed by atoms with Gasteiger partial charge in [0.15, 0.2) is 5.96 Å². The standard InChI is InChI=1S/C8H15N5/c1-4-10-8(9)11-7-5-13(3)12-6(7)2/h5H,4H2,1-3H3,(H3,9,10,11). The van der Waals surface area contributed by atoms with Gasteiger partial charge in [-0.3, -0.25) is 9.67 Å². The fourth-order valence-electron chi connectivity index (χ4n) is 1.07. The number of nitrogens with two attached hydrogens (primary N) is 1. The molecule has 3 N–H and O–H groups in total. The van der Waals surface area contributed by atoms with Crippen LogP contribution in [0.4, 0.5) is 5.69 Å². The summed E-state index contributed by atoms with van der Waals surface area (Å²) in [5, 5.41) is 7.14. The van der Waals surface area contributed by atoms with Crippen molar-refractivity contribution in [1.82, 2.24) is 9.78 Å². The van der Waals surface area contributed by atoms with Crippen LogP contribution in [0.15, 0.2) is 11.2 Å². The van der Waals surface area contributed by atoms with Crippen LogP contribution in [-0.4, -0.2) is 22.3 Å². The van der Waals surface area contributed by atoms with Gasteiger partial charge in [0.1, 0.15) is 0 Å². The van der Waals surface area contributed by atoms with E-state index in [9.17, 15) is 0 Å². The van der Waals surface area contributed by atoms with Gasteiger partial charge in [-0.25, -0.2) is 0 Å². The Kier molecular flexibility index (Phi) is 2.89. The highest BCUT2D eigenvalue weighted by atomic mass is 15.3. The lowest BCUT2D eigenvalue weighted by molar-refractivity contribution is 0.756. The summed E-state index contributed by atoms with van der Waals surface area (Å²) in [6.45, 7) is 4.53. The Bertz CT molecular complexity index is 312. The van der Waals surface area contributed by atoms with Crippen LogP contribution in [0.25, 0.3) is 0 Å². The van der Waals surface area contributed by atoms with Gasteiger partial charge in [0, 0.05) is 19.8 Å². The van der Waals surface area contributed by atoms with Crippen molar-refractivity contribution in [3.8, 4) is 0 Å². The zero-order chi connectivity index (χ0) is 9.84. The number of hydrogen-bond acceptors (Lipinski definition) is 2. The Labute approximate surface area is 77.6 Å². The minimum atomic E-state index is 0.429. The molecule has 0 spiro atoms. The first kappa shape index (κ1) is 9.57. The highest BCUT2D eigenvalue weighted by Crippen LogP contribution is 2.10. The smallest absolute Gasteiger partial charge is 0.193 e. The summed E-state index contributed by atoms with van der Waals surface area (Å²) in [4.78, 5) is 4.02. The Balaban J connectivity index is 2.74. The van der Waals surface area contributed by atoms with Gasteiger partial charge in [0.2, 0.25) is 0 Å². The average Bonchev–Trinajstić information content (AvgIpc) is 2.30. The predicted molar refractivity (Wildman–Crippen MR) is 53.7 cm³/mol. The Morgan fingerprint density at radius 1 is 1.77 bits per heavy atom. The van der Waals surface area contributed by atoms with Gasteiger partial charge < -0.3 is 11.1 Å². The first-order chi connectivity index (χ1) is 6.13. The van der Waals surface area contributed by atoms with E-state index >= 15 is 0 Å². The van der Waals surface area contributed by atoms with Crippen molar-refractivity contribution in [2.24, 2.45) is 17.8 Å². The fourth-order valence-corrected chi connectivity index (χ4v) is 1.07. The van der Waals surface area contributed by atoms with E-state index in [0.29, 0.717) is 12.5 Å². The van der Waals surface area contributed by atoms with E-state index in [1.807, 2.05) is 27.1 Å². The highest BCUT2D eigenvalue weighted by Gasteiger charge is 2.02. The summed E-state index contributed by atoms with van der Waals surface area (Å²) in [6, 6.07) is 0. The number of aryl methyl sites for hydroxylation is 2. The van der Waals surface area contributed by atoms with Crippen molar-refractivity contribution in [2.75, 3.05) is 11.9 Å². The van der Waals surface area contributed by atoms with Gasteiger partial charge in [0.05, 0.1) is 11.4 Å². The SMILES string of the molecule is CCN=C(N)Nc1cn(C)nc1C. The molecule has 0 aliphatic heterocycles. The van der Waals surface area contributed by atoms with Crippen LogP contribution in [0, 0.1) is 6.92 Å². The Morgan fingerprint density at radius 2 is 2.46 bits per heavy atom. The number of guanidine groups is 1. The van der Waals surface area contributed by atoms with Crippen molar-refractivity contribution >= 4 is 11.6 Å². The highest BCUT2D eigenvalue weighted by molar-refractivity contribution is 5.92. The molecule has 0 aliphatic rings. The van der Waals surface area contributed by atoms with Gasteiger partial charge in [-0.2, -0.15) is 5.10 Å². The summed E-state index contributed by atoms with van der Waals surface area (Å²) >= 11 is 0. The molecular weight excluding hydrogens is 166 g/mol. The molecule has 13 heavy (non-hydrogen) atoms. The van der Waals surface area contributed by atoms with E-state index in [1.54, 1.807) is 4.68 Å². The number of anilines is 1. The molecule has 1 aromatic heterocycles. The molecule has 0 saturated carbocycles. The summed E-state index contributed by atoms with van der Waals surface area (Å²) in [5.41, 5.74) is 7.41. The third-order valence-electron chi connectivity index (χ3n) is 1.60. The third kappa shape index (κ3) is 2.47. The first-order valence-electron chi connectivity index (χ1n) is 4.20. The van der Waals surface area contributed by atoms with Crippen LogP contribution in [0.3, 0.4) is 0 Å². The summed E-state index contributed by atoms with van der Waals surface area (Å²) in [6.07, 6.45) is 1.87. The third-order valence-corrected chi connectivity index (χ3v) is 1.60. The molecule has 5 heteroatoms. The quantitative estimate of drug-likeness (QED) is 0.515. The second-order valence-electron chi connectivity index (χ2n) is 2.79. The van der Waals surface area contributed by atoms with Gasteiger partial charge >= 0.3 is 0 Å². The normalized spacial score (nSPS) is 11.8. The summed E-state index contributed by atoms with van der Waals surface area (Å²) in [7, 11) is 1.87. The first-order valence-corrected chi connectivity index (χ1v) is 4.20. The maximum atomic E-state index is 5.60. The van der Waals surface area contributed by atoms with E-state index in [1.165, 1.54) is 0 Å². The van der Waals surface area contributed by atoms with Crippen molar-refractivity contribution in [3.05, 3.63) is 11.9 Å². The zero-order valence-electron chi connectivity index (χ0n) is 8.20. The monoisotopic (exact) mass is 181 g/mol. The van der Waals surface area contributed by atoms with Crippen LogP contribution in [0.5, 0.6) is 0 Å². The van der Waals surface area contributed by atoms with Crippen molar-refractivity contribution in [1.29, 1.82) is 0 Å². The molecule has 0 fully saturated rings. The number of hydrogen-bond donors (Lipinski definition) is 2. The minimum absolute atomic E-state index is 0.429. The molecule has 1 aromatic rings. The van der Waals surface area contributed by atoms with Gasteiger partial charge in [-0.05, 0) is 13.8 Å². The van der Waals surface area contributed by atoms with Crippen LogP contribution < -0.4 is 11.1 Å².